The van der Waals surface area contributed by atoms with E-state index in [0.717, 1.165) is 34.3 Å². The lowest BCUT2D eigenvalue weighted by Crippen LogP contribution is -1.91. The molecule has 0 unspecified atom stereocenters. The molecule has 4 heteroatoms. The van der Waals surface area contributed by atoms with Crippen molar-refractivity contribution >= 4 is 23.6 Å². The zero-order valence-corrected chi connectivity index (χ0v) is 12.5. The first-order valence-corrected chi connectivity index (χ1v) is 6.79. The van der Waals surface area contributed by atoms with E-state index >= 15 is 0 Å². The van der Waals surface area contributed by atoms with Crippen molar-refractivity contribution in [2.75, 3.05) is 0 Å². The number of aliphatic carboxylic acids is 1. The largest absolute Gasteiger partial charge is 0.478 e. The molecule has 0 atom stereocenters. The fourth-order valence-corrected chi connectivity index (χ4v) is 2.13. The van der Waals surface area contributed by atoms with Gasteiger partial charge in [0.15, 0.2) is 0 Å². The molecule has 0 aromatic heterocycles. The molecule has 2 aromatic carbocycles. The molecule has 0 fully saturated rings. The van der Waals surface area contributed by atoms with Crippen LogP contribution in [0.5, 0.6) is 11.5 Å². The molecule has 0 bridgehead atoms. The van der Waals surface area contributed by atoms with Crippen molar-refractivity contribution in [3.8, 4) is 11.5 Å². The molecule has 2 aromatic rings. The van der Waals surface area contributed by atoms with Crippen molar-refractivity contribution in [1.29, 1.82) is 0 Å². The third kappa shape index (κ3) is 4.10. The Hall–Kier alpha value is -2.26. The van der Waals surface area contributed by atoms with Crippen LogP contribution in [0, 0.1) is 13.8 Å². The number of benzene rings is 2. The summed E-state index contributed by atoms with van der Waals surface area (Å²) in [6, 6.07) is 11.0. The molecule has 0 radical (unpaired) electrons. The minimum atomic E-state index is -0.968. The van der Waals surface area contributed by atoms with Crippen LogP contribution in [0.15, 0.2) is 42.5 Å². The molecule has 21 heavy (non-hydrogen) atoms. The molecule has 0 spiro atoms. The van der Waals surface area contributed by atoms with Gasteiger partial charge in [0.25, 0.3) is 0 Å². The Morgan fingerprint density at radius 1 is 1.10 bits per heavy atom. The number of carboxylic acid groups (broad SMARTS) is 1. The Morgan fingerprint density at radius 3 is 2.29 bits per heavy atom. The Bertz CT molecular complexity index is 705. The highest BCUT2D eigenvalue weighted by Gasteiger charge is 2.05. The molecular weight excluding hydrogens is 288 g/mol. The molecule has 0 heterocycles. The Kier molecular flexibility index (Phi) is 4.66. The third-order valence-electron chi connectivity index (χ3n) is 2.97. The van der Waals surface area contributed by atoms with Gasteiger partial charge in [-0.15, -0.1) is 0 Å². The van der Waals surface area contributed by atoms with E-state index in [1.807, 2.05) is 44.2 Å². The maximum atomic E-state index is 10.5. The molecule has 0 saturated carbocycles. The third-order valence-corrected chi connectivity index (χ3v) is 3.21. The molecule has 0 saturated heterocycles. The number of aryl methyl sites for hydroxylation is 2. The van der Waals surface area contributed by atoms with Crippen LogP contribution in [0.1, 0.15) is 16.7 Å². The number of hydrogen-bond donors (Lipinski definition) is 1. The van der Waals surface area contributed by atoms with Gasteiger partial charge in [-0.05, 0) is 66.9 Å². The number of rotatable bonds is 4. The van der Waals surface area contributed by atoms with Gasteiger partial charge in [0.1, 0.15) is 11.5 Å². The smallest absolute Gasteiger partial charge is 0.328 e. The van der Waals surface area contributed by atoms with Gasteiger partial charge in [0.2, 0.25) is 0 Å². The van der Waals surface area contributed by atoms with Crippen LogP contribution in [0.2, 0.25) is 5.02 Å². The average molecular weight is 303 g/mol. The first kappa shape index (κ1) is 15.1. The van der Waals surface area contributed by atoms with Gasteiger partial charge in [-0.3, -0.25) is 0 Å². The van der Waals surface area contributed by atoms with Gasteiger partial charge in [-0.25, -0.2) is 4.79 Å². The molecular formula is C17H15ClO3. The summed E-state index contributed by atoms with van der Waals surface area (Å²) in [4.78, 5) is 10.5. The maximum Gasteiger partial charge on any atom is 0.328 e. The number of ether oxygens (including phenoxy) is 1. The average Bonchev–Trinajstić information content (AvgIpc) is 2.42. The minimum absolute atomic E-state index is 0.672. The fourth-order valence-electron chi connectivity index (χ4n) is 1.90. The summed E-state index contributed by atoms with van der Waals surface area (Å²) >= 11 is 5.92. The summed E-state index contributed by atoms with van der Waals surface area (Å²) in [5.74, 6) is 0.508. The SMILES string of the molecule is Cc1cc(Cl)ccc1Oc1ccc(C=CC(=O)O)cc1C. The van der Waals surface area contributed by atoms with Gasteiger partial charge >= 0.3 is 5.97 Å². The first-order valence-electron chi connectivity index (χ1n) is 6.41. The Morgan fingerprint density at radius 2 is 1.71 bits per heavy atom. The predicted molar refractivity (Wildman–Crippen MR) is 84.1 cm³/mol. The molecule has 0 amide bonds. The lowest BCUT2D eigenvalue weighted by Gasteiger charge is -2.11. The number of carbonyl (C=O) groups is 1. The summed E-state index contributed by atoms with van der Waals surface area (Å²) in [5.41, 5.74) is 2.70. The van der Waals surface area contributed by atoms with Crippen LogP contribution in [0.3, 0.4) is 0 Å². The van der Waals surface area contributed by atoms with Crippen molar-refractivity contribution in [1.82, 2.24) is 0 Å². The lowest BCUT2D eigenvalue weighted by atomic mass is 10.1. The first-order chi connectivity index (χ1) is 9.95. The number of carboxylic acids is 1. The molecule has 108 valence electrons. The van der Waals surface area contributed by atoms with Crippen LogP contribution >= 0.6 is 11.6 Å². The molecule has 1 N–H and O–H groups in total. The van der Waals surface area contributed by atoms with Gasteiger partial charge in [0.05, 0.1) is 0 Å². The van der Waals surface area contributed by atoms with Gasteiger partial charge in [-0.2, -0.15) is 0 Å². The molecule has 3 nitrogen and oxygen atoms in total. The minimum Gasteiger partial charge on any atom is -0.478 e. The summed E-state index contributed by atoms with van der Waals surface area (Å²) in [6.45, 7) is 3.85. The normalized spacial score (nSPS) is 10.8. The monoisotopic (exact) mass is 302 g/mol. The van der Waals surface area contributed by atoms with Crippen LogP contribution in [-0.2, 0) is 4.79 Å². The van der Waals surface area contributed by atoms with Crippen LogP contribution < -0.4 is 4.74 Å². The van der Waals surface area contributed by atoms with Crippen molar-refractivity contribution < 1.29 is 14.6 Å². The van der Waals surface area contributed by atoms with Crippen molar-refractivity contribution in [3.05, 3.63) is 64.2 Å². The zero-order chi connectivity index (χ0) is 15.4. The van der Waals surface area contributed by atoms with E-state index in [1.54, 1.807) is 12.1 Å². The van der Waals surface area contributed by atoms with Crippen LogP contribution in [-0.4, -0.2) is 11.1 Å². The Balaban J connectivity index is 2.23. The van der Waals surface area contributed by atoms with Crippen molar-refractivity contribution in [2.45, 2.75) is 13.8 Å². The fraction of sp³-hybridized carbons (Fsp3) is 0.118. The molecule has 0 aliphatic carbocycles. The van der Waals surface area contributed by atoms with Gasteiger partial charge < -0.3 is 9.84 Å². The topological polar surface area (TPSA) is 46.5 Å². The van der Waals surface area contributed by atoms with Crippen LogP contribution in [0.4, 0.5) is 0 Å². The summed E-state index contributed by atoms with van der Waals surface area (Å²) in [5, 5.41) is 9.30. The van der Waals surface area contributed by atoms with Crippen molar-refractivity contribution in [3.63, 3.8) is 0 Å². The predicted octanol–water partition coefficient (Wildman–Crippen LogP) is 4.85. The van der Waals surface area contributed by atoms with Gasteiger partial charge in [-0.1, -0.05) is 17.7 Å². The second-order valence-corrected chi connectivity index (χ2v) is 5.14. The maximum absolute atomic E-state index is 10.5. The second kappa shape index (κ2) is 6.46. The highest BCUT2D eigenvalue weighted by Crippen LogP contribution is 2.29. The highest BCUT2D eigenvalue weighted by molar-refractivity contribution is 6.30. The Labute approximate surface area is 128 Å². The number of hydrogen-bond acceptors (Lipinski definition) is 2. The second-order valence-electron chi connectivity index (χ2n) is 4.71. The van der Waals surface area contributed by atoms with E-state index in [1.165, 1.54) is 0 Å². The van der Waals surface area contributed by atoms with E-state index in [-0.39, 0.29) is 0 Å². The summed E-state index contributed by atoms with van der Waals surface area (Å²) in [6.07, 6.45) is 2.66. The highest BCUT2D eigenvalue weighted by atomic mass is 35.5. The quantitative estimate of drug-likeness (QED) is 0.821. The van der Waals surface area contributed by atoms with E-state index in [4.69, 9.17) is 21.4 Å². The van der Waals surface area contributed by atoms with E-state index < -0.39 is 5.97 Å². The lowest BCUT2D eigenvalue weighted by molar-refractivity contribution is -0.131. The van der Waals surface area contributed by atoms with E-state index in [0.29, 0.717) is 5.02 Å². The van der Waals surface area contributed by atoms with Crippen molar-refractivity contribution in [2.24, 2.45) is 0 Å². The zero-order valence-electron chi connectivity index (χ0n) is 11.8. The van der Waals surface area contributed by atoms with E-state index in [2.05, 4.69) is 0 Å². The summed E-state index contributed by atoms with van der Waals surface area (Å²) in [7, 11) is 0. The van der Waals surface area contributed by atoms with E-state index in [9.17, 15) is 4.79 Å². The standard InChI is InChI=1S/C17H15ClO3/c1-11-9-13(4-8-17(19)20)3-6-15(11)21-16-7-5-14(18)10-12(16)2/h3-10H,1-2H3,(H,19,20). The number of halogens is 1. The molecule has 0 aliphatic heterocycles. The molecule has 0 aliphatic rings. The summed E-state index contributed by atoms with van der Waals surface area (Å²) < 4.78 is 5.88. The molecule has 2 rings (SSSR count). The van der Waals surface area contributed by atoms with Crippen LogP contribution in [0.25, 0.3) is 6.08 Å². The van der Waals surface area contributed by atoms with Gasteiger partial charge in [0, 0.05) is 11.1 Å².